The number of nitrogens with zero attached hydrogens (tertiary/aromatic N) is 3. The average Bonchev–Trinajstić information content (AvgIpc) is 2.71. The lowest BCUT2D eigenvalue weighted by atomic mass is 10.3. The van der Waals surface area contributed by atoms with Crippen LogP contribution in [0, 0.1) is 0 Å². The fourth-order valence-electron chi connectivity index (χ4n) is 1.90. The first-order chi connectivity index (χ1) is 5.95. The molecule has 1 aliphatic carbocycles. The third kappa shape index (κ3) is 0.656. The van der Waals surface area contributed by atoms with Crippen molar-refractivity contribution < 1.29 is 0 Å². The van der Waals surface area contributed by atoms with E-state index in [2.05, 4.69) is 14.4 Å². The summed E-state index contributed by atoms with van der Waals surface area (Å²) in [5, 5.41) is 0. The van der Waals surface area contributed by atoms with Crippen molar-refractivity contribution in [1.82, 2.24) is 14.4 Å². The van der Waals surface area contributed by atoms with Crippen LogP contribution >= 0.6 is 0 Å². The van der Waals surface area contributed by atoms with Crippen molar-refractivity contribution in [3.8, 4) is 0 Å². The van der Waals surface area contributed by atoms with Crippen LogP contribution in [0.3, 0.4) is 0 Å². The van der Waals surface area contributed by atoms with Crippen molar-refractivity contribution in [1.29, 1.82) is 0 Å². The maximum atomic E-state index is 4.26. The maximum Gasteiger partial charge on any atom is 0.233 e. The van der Waals surface area contributed by atoms with Crippen LogP contribution in [0.5, 0.6) is 0 Å². The monoisotopic (exact) mass is 159 g/mol. The van der Waals surface area contributed by atoms with Gasteiger partial charge in [-0.15, -0.1) is 0 Å². The zero-order valence-corrected chi connectivity index (χ0v) is 6.70. The molecule has 0 aliphatic heterocycles. The standard InChI is InChI=1S/C9H9N3/c1-2-7-6-11-9-10-4-5-12(9)8(7)3-1/h4-6H,1-3H2. The summed E-state index contributed by atoms with van der Waals surface area (Å²) >= 11 is 0. The Hall–Kier alpha value is -1.38. The minimum atomic E-state index is 0.829. The second-order valence-corrected chi connectivity index (χ2v) is 3.18. The van der Waals surface area contributed by atoms with Crippen LogP contribution in [0.2, 0.25) is 0 Å². The van der Waals surface area contributed by atoms with Gasteiger partial charge in [-0.3, -0.25) is 4.40 Å². The summed E-state index contributed by atoms with van der Waals surface area (Å²) in [6, 6.07) is 0. The van der Waals surface area contributed by atoms with Crippen molar-refractivity contribution in [3.63, 3.8) is 0 Å². The van der Waals surface area contributed by atoms with Gasteiger partial charge in [-0.1, -0.05) is 0 Å². The first-order valence-electron chi connectivity index (χ1n) is 4.25. The SMILES string of the molecule is c1cn2c3c(cnc2n1)CCC3. The van der Waals surface area contributed by atoms with Gasteiger partial charge in [0, 0.05) is 24.3 Å². The third-order valence-electron chi connectivity index (χ3n) is 2.48. The number of aromatic nitrogens is 3. The summed E-state index contributed by atoms with van der Waals surface area (Å²) < 4.78 is 2.10. The summed E-state index contributed by atoms with van der Waals surface area (Å²) in [5.74, 6) is 0.829. The van der Waals surface area contributed by atoms with Crippen LogP contribution in [0.25, 0.3) is 5.78 Å². The Labute approximate surface area is 70.1 Å². The molecule has 0 bridgehead atoms. The van der Waals surface area contributed by atoms with Crippen LogP contribution in [0.15, 0.2) is 18.6 Å². The first kappa shape index (κ1) is 6.17. The average molecular weight is 159 g/mol. The maximum absolute atomic E-state index is 4.26. The summed E-state index contributed by atoms with van der Waals surface area (Å²) in [7, 11) is 0. The van der Waals surface area contributed by atoms with Crippen molar-refractivity contribution in [2.24, 2.45) is 0 Å². The molecule has 12 heavy (non-hydrogen) atoms. The zero-order chi connectivity index (χ0) is 7.97. The number of hydrogen-bond donors (Lipinski definition) is 0. The smallest absolute Gasteiger partial charge is 0.233 e. The Morgan fingerprint density at radius 2 is 2.25 bits per heavy atom. The zero-order valence-electron chi connectivity index (χ0n) is 6.70. The van der Waals surface area contributed by atoms with Crippen LogP contribution in [0.1, 0.15) is 17.7 Å². The Kier molecular flexibility index (Phi) is 1.06. The molecule has 0 fully saturated rings. The molecular formula is C9H9N3. The quantitative estimate of drug-likeness (QED) is 0.578. The van der Waals surface area contributed by atoms with E-state index >= 15 is 0 Å². The van der Waals surface area contributed by atoms with Gasteiger partial charge < -0.3 is 0 Å². The van der Waals surface area contributed by atoms with Gasteiger partial charge >= 0.3 is 0 Å². The van der Waals surface area contributed by atoms with Crippen LogP contribution in [0.4, 0.5) is 0 Å². The molecule has 0 atom stereocenters. The van der Waals surface area contributed by atoms with Crippen LogP contribution < -0.4 is 0 Å². The van der Waals surface area contributed by atoms with Crippen molar-refractivity contribution in [2.45, 2.75) is 19.3 Å². The molecule has 0 spiro atoms. The van der Waals surface area contributed by atoms with Crippen molar-refractivity contribution in [3.05, 3.63) is 29.8 Å². The minimum Gasteiger partial charge on any atom is -0.288 e. The van der Waals surface area contributed by atoms with E-state index in [-0.39, 0.29) is 0 Å². The highest BCUT2D eigenvalue weighted by atomic mass is 15.1. The Morgan fingerprint density at radius 1 is 1.25 bits per heavy atom. The lowest BCUT2D eigenvalue weighted by Gasteiger charge is -2.00. The number of imidazole rings is 1. The molecular weight excluding hydrogens is 150 g/mol. The third-order valence-corrected chi connectivity index (χ3v) is 2.48. The summed E-state index contributed by atoms with van der Waals surface area (Å²) in [5.41, 5.74) is 2.79. The fraction of sp³-hybridized carbons (Fsp3) is 0.333. The van der Waals surface area contributed by atoms with E-state index in [4.69, 9.17) is 0 Å². The molecule has 2 aromatic heterocycles. The Bertz CT molecular complexity index is 430. The molecule has 0 aromatic carbocycles. The highest BCUT2D eigenvalue weighted by Gasteiger charge is 2.14. The van der Waals surface area contributed by atoms with E-state index in [0.29, 0.717) is 0 Å². The second-order valence-electron chi connectivity index (χ2n) is 3.18. The normalized spacial score (nSPS) is 15.3. The van der Waals surface area contributed by atoms with Crippen molar-refractivity contribution >= 4 is 5.78 Å². The van der Waals surface area contributed by atoms with E-state index in [9.17, 15) is 0 Å². The van der Waals surface area contributed by atoms with Gasteiger partial charge in [0.15, 0.2) is 0 Å². The van der Waals surface area contributed by atoms with E-state index < -0.39 is 0 Å². The van der Waals surface area contributed by atoms with Gasteiger partial charge in [0.05, 0.1) is 0 Å². The predicted molar refractivity (Wildman–Crippen MR) is 45.0 cm³/mol. The summed E-state index contributed by atoms with van der Waals surface area (Å²) in [6.45, 7) is 0. The van der Waals surface area contributed by atoms with E-state index in [1.807, 2.05) is 12.4 Å². The van der Waals surface area contributed by atoms with Gasteiger partial charge in [-0.2, -0.15) is 0 Å². The molecule has 0 radical (unpaired) electrons. The Morgan fingerprint density at radius 3 is 3.25 bits per heavy atom. The predicted octanol–water partition coefficient (Wildman–Crippen LogP) is 1.22. The Balaban J connectivity index is 2.46. The lowest BCUT2D eigenvalue weighted by Crippen LogP contribution is -1.96. The molecule has 0 unspecified atom stereocenters. The second kappa shape index (κ2) is 2.06. The van der Waals surface area contributed by atoms with Gasteiger partial charge in [0.1, 0.15) is 0 Å². The molecule has 0 N–H and O–H groups in total. The summed E-state index contributed by atoms with van der Waals surface area (Å²) in [6.07, 6.45) is 9.37. The number of hydrogen-bond acceptors (Lipinski definition) is 2. The fourth-order valence-corrected chi connectivity index (χ4v) is 1.90. The van der Waals surface area contributed by atoms with Crippen molar-refractivity contribution in [2.75, 3.05) is 0 Å². The minimum absolute atomic E-state index is 0.829. The molecule has 1 aliphatic rings. The summed E-state index contributed by atoms with van der Waals surface area (Å²) in [4.78, 5) is 8.41. The highest BCUT2D eigenvalue weighted by molar-refractivity contribution is 5.36. The number of aryl methyl sites for hydroxylation is 2. The van der Waals surface area contributed by atoms with E-state index in [1.54, 1.807) is 6.20 Å². The van der Waals surface area contributed by atoms with Gasteiger partial charge in [-0.05, 0) is 24.8 Å². The highest BCUT2D eigenvalue weighted by Crippen LogP contribution is 2.20. The molecule has 2 heterocycles. The van der Waals surface area contributed by atoms with Crippen LogP contribution in [-0.4, -0.2) is 14.4 Å². The van der Waals surface area contributed by atoms with E-state index in [0.717, 1.165) is 5.78 Å². The molecule has 3 heteroatoms. The molecule has 3 rings (SSSR count). The van der Waals surface area contributed by atoms with Gasteiger partial charge in [0.2, 0.25) is 5.78 Å². The van der Waals surface area contributed by atoms with Gasteiger partial charge in [0.25, 0.3) is 0 Å². The molecule has 0 saturated carbocycles. The van der Waals surface area contributed by atoms with E-state index in [1.165, 1.54) is 30.5 Å². The first-order valence-corrected chi connectivity index (χ1v) is 4.25. The topological polar surface area (TPSA) is 30.2 Å². The number of rotatable bonds is 0. The largest absolute Gasteiger partial charge is 0.288 e. The molecule has 3 nitrogen and oxygen atoms in total. The number of fused-ring (bicyclic) bond motifs is 3. The molecule has 0 amide bonds. The molecule has 60 valence electrons. The van der Waals surface area contributed by atoms with Crippen LogP contribution in [-0.2, 0) is 12.8 Å². The molecule has 0 saturated heterocycles. The van der Waals surface area contributed by atoms with Gasteiger partial charge in [-0.25, -0.2) is 9.97 Å². The molecule has 2 aromatic rings. The lowest BCUT2D eigenvalue weighted by molar-refractivity contribution is 0.887.